The molecule has 0 aliphatic carbocycles. The van der Waals surface area contributed by atoms with Crippen molar-refractivity contribution in [2.45, 2.75) is 58.2 Å². The summed E-state index contributed by atoms with van der Waals surface area (Å²) in [5.41, 5.74) is 2.83. The average Bonchev–Trinajstić information content (AvgIpc) is 3.31. The second-order valence-corrected chi connectivity index (χ2v) is 8.00. The molecule has 7 nitrogen and oxygen atoms in total. The van der Waals surface area contributed by atoms with Crippen molar-refractivity contribution in [3.05, 3.63) is 36.3 Å². The summed E-state index contributed by atoms with van der Waals surface area (Å²) in [6, 6.07) is 7.97. The van der Waals surface area contributed by atoms with Crippen molar-refractivity contribution >= 4 is 5.91 Å². The lowest BCUT2D eigenvalue weighted by molar-refractivity contribution is -0.130. The van der Waals surface area contributed by atoms with Crippen LogP contribution in [-0.2, 0) is 11.3 Å². The third-order valence-electron chi connectivity index (χ3n) is 5.25. The molecule has 28 heavy (non-hydrogen) atoms. The number of nitriles is 1. The van der Waals surface area contributed by atoms with E-state index in [0.29, 0.717) is 6.54 Å². The van der Waals surface area contributed by atoms with Gasteiger partial charge in [0, 0.05) is 36.6 Å². The maximum Gasteiger partial charge on any atom is 0.237 e. The van der Waals surface area contributed by atoms with Crippen molar-refractivity contribution < 1.29 is 4.79 Å². The molecule has 2 aromatic heterocycles. The van der Waals surface area contributed by atoms with Crippen molar-refractivity contribution in [1.29, 1.82) is 5.26 Å². The van der Waals surface area contributed by atoms with Crippen LogP contribution in [0.3, 0.4) is 0 Å². The molecule has 1 unspecified atom stereocenters. The number of pyridine rings is 1. The Morgan fingerprint density at radius 1 is 1.46 bits per heavy atom. The molecule has 3 rings (SSSR count). The van der Waals surface area contributed by atoms with Crippen LogP contribution in [0.5, 0.6) is 0 Å². The van der Waals surface area contributed by atoms with Crippen LogP contribution in [0, 0.1) is 18.3 Å². The summed E-state index contributed by atoms with van der Waals surface area (Å²) in [4.78, 5) is 18.4. The molecule has 0 aromatic carbocycles. The van der Waals surface area contributed by atoms with Gasteiger partial charge in [0.1, 0.15) is 6.04 Å². The minimum atomic E-state index is -0.272. The Hall–Kier alpha value is -2.72. The van der Waals surface area contributed by atoms with Gasteiger partial charge in [-0.05, 0) is 58.2 Å². The molecule has 2 aromatic rings. The fourth-order valence-corrected chi connectivity index (χ4v) is 3.55. The number of amides is 1. The number of rotatable bonds is 7. The first kappa shape index (κ1) is 20.0. The predicted octanol–water partition coefficient (Wildman–Crippen LogP) is 2.53. The molecule has 0 saturated carbocycles. The van der Waals surface area contributed by atoms with E-state index >= 15 is 0 Å². The number of carbonyl (C=O) groups excluding carboxylic acids is 1. The number of nitrogens with one attached hydrogen (secondary N) is 1. The van der Waals surface area contributed by atoms with Crippen molar-refractivity contribution in [2.24, 2.45) is 0 Å². The van der Waals surface area contributed by atoms with Gasteiger partial charge in [-0.1, -0.05) is 0 Å². The minimum Gasteiger partial charge on any atom is -0.326 e. The Labute approximate surface area is 166 Å². The summed E-state index contributed by atoms with van der Waals surface area (Å²) in [6.07, 6.45) is 6.11. The predicted molar refractivity (Wildman–Crippen MR) is 107 cm³/mol. The maximum absolute atomic E-state index is 12.5. The Morgan fingerprint density at radius 3 is 3.00 bits per heavy atom. The largest absolute Gasteiger partial charge is 0.326 e. The SMILES string of the molecule is Cc1cc(-c2cccnc2)n(CCC(C)(C)NCC(=O)N2CCCC2C#N)n1. The highest BCUT2D eigenvalue weighted by molar-refractivity contribution is 5.79. The fraction of sp³-hybridized carbons (Fsp3) is 0.524. The van der Waals surface area contributed by atoms with Crippen LogP contribution in [0.15, 0.2) is 30.6 Å². The molecule has 1 atom stereocenters. The molecule has 148 valence electrons. The van der Waals surface area contributed by atoms with Crippen molar-refractivity contribution in [3.8, 4) is 17.3 Å². The van der Waals surface area contributed by atoms with Gasteiger partial charge in [-0.3, -0.25) is 14.5 Å². The van der Waals surface area contributed by atoms with E-state index in [-0.39, 0.29) is 24.0 Å². The normalized spacial score (nSPS) is 16.9. The smallest absolute Gasteiger partial charge is 0.237 e. The molecule has 1 fully saturated rings. The highest BCUT2D eigenvalue weighted by Gasteiger charge is 2.29. The molecule has 1 saturated heterocycles. The lowest BCUT2D eigenvalue weighted by atomic mass is 10.0. The lowest BCUT2D eigenvalue weighted by Crippen LogP contribution is -2.48. The van der Waals surface area contributed by atoms with Crippen LogP contribution >= 0.6 is 0 Å². The Balaban J connectivity index is 1.58. The van der Waals surface area contributed by atoms with Crippen LogP contribution in [-0.4, -0.2) is 50.2 Å². The highest BCUT2D eigenvalue weighted by Crippen LogP contribution is 2.21. The minimum absolute atomic E-state index is 0.00288. The second kappa shape index (κ2) is 8.53. The molecule has 1 N–H and O–H groups in total. The number of aromatic nitrogens is 3. The monoisotopic (exact) mass is 380 g/mol. The van der Waals surface area contributed by atoms with Gasteiger partial charge in [0.2, 0.25) is 5.91 Å². The molecular formula is C21H28N6O. The number of hydrogen-bond donors (Lipinski definition) is 1. The average molecular weight is 380 g/mol. The van der Waals surface area contributed by atoms with E-state index < -0.39 is 0 Å². The van der Waals surface area contributed by atoms with Crippen LogP contribution in [0.2, 0.25) is 0 Å². The van der Waals surface area contributed by atoms with Gasteiger partial charge < -0.3 is 10.2 Å². The Kier molecular flexibility index (Phi) is 6.10. The summed E-state index contributed by atoms with van der Waals surface area (Å²) in [5.74, 6) is 0.00288. The Morgan fingerprint density at radius 2 is 2.29 bits per heavy atom. The van der Waals surface area contributed by atoms with Gasteiger partial charge in [-0.2, -0.15) is 10.4 Å². The first-order valence-corrected chi connectivity index (χ1v) is 9.78. The van der Waals surface area contributed by atoms with E-state index in [1.807, 2.05) is 29.9 Å². The molecule has 1 amide bonds. The van der Waals surface area contributed by atoms with E-state index in [2.05, 4.69) is 41.4 Å². The molecule has 0 spiro atoms. The van der Waals surface area contributed by atoms with E-state index in [1.165, 1.54) is 0 Å². The number of carbonyl (C=O) groups is 1. The molecule has 1 aliphatic rings. The number of hydrogen-bond acceptors (Lipinski definition) is 5. The van der Waals surface area contributed by atoms with Crippen LogP contribution in [0.1, 0.15) is 38.8 Å². The zero-order chi connectivity index (χ0) is 20.1. The van der Waals surface area contributed by atoms with E-state index in [4.69, 9.17) is 5.26 Å². The number of nitrogens with zero attached hydrogens (tertiary/aromatic N) is 5. The van der Waals surface area contributed by atoms with Crippen LogP contribution in [0.4, 0.5) is 0 Å². The second-order valence-electron chi connectivity index (χ2n) is 8.00. The van der Waals surface area contributed by atoms with Gasteiger partial charge >= 0.3 is 0 Å². The van der Waals surface area contributed by atoms with Gasteiger partial charge in [-0.25, -0.2) is 0 Å². The van der Waals surface area contributed by atoms with E-state index in [1.54, 1.807) is 11.1 Å². The van der Waals surface area contributed by atoms with E-state index in [9.17, 15) is 4.79 Å². The summed E-state index contributed by atoms with van der Waals surface area (Å²) in [6.45, 7) is 7.83. The Bertz CT molecular complexity index is 852. The van der Waals surface area contributed by atoms with E-state index in [0.717, 1.165) is 42.8 Å². The summed E-state index contributed by atoms with van der Waals surface area (Å²) < 4.78 is 2.00. The zero-order valence-corrected chi connectivity index (χ0v) is 16.9. The number of likely N-dealkylation sites (tertiary alicyclic amines) is 1. The summed E-state index contributed by atoms with van der Waals surface area (Å²) in [7, 11) is 0. The molecule has 0 radical (unpaired) electrons. The number of aryl methyl sites for hydroxylation is 2. The molecule has 1 aliphatic heterocycles. The molecule has 0 bridgehead atoms. The van der Waals surface area contributed by atoms with Gasteiger partial charge in [-0.15, -0.1) is 0 Å². The first-order valence-electron chi connectivity index (χ1n) is 9.78. The first-order chi connectivity index (χ1) is 13.4. The lowest BCUT2D eigenvalue weighted by Gasteiger charge is -2.28. The van der Waals surface area contributed by atoms with Crippen LogP contribution in [0.25, 0.3) is 11.3 Å². The van der Waals surface area contributed by atoms with Crippen molar-refractivity contribution in [1.82, 2.24) is 25.0 Å². The van der Waals surface area contributed by atoms with Crippen LogP contribution < -0.4 is 5.32 Å². The maximum atomic E-state index is 12.5. The zero-order valence-electron chi connectivity index (χ0n) is 16.9. The molecule has 7 heteroatoms. The van der Waals surface area contributed by atoms with Gasteiger partial charge in [0.25, 0.3) is 0 Å². The quantitative estimate of drug-likeness (QED) is 0.798. The summed E-state index contributed by atoms with van der Waals surface area (Å²) >= 11 is 0. The molecular weight excluding hydrogens is 352 g/mol. The molecule has 3 heterocycles. The van der Waals surface area contributed by atoms with Crippen molar-refractivity contribution in [3.63, 3.8) is 0 Å². The van der Waals surface area contributed by atoms with Crippen molar-refractivity contribution in [2.75, 3.05) is 13.1 Å². The third-order valence-corrected chi connectivity index (χ3v) is 5.25. The van der Waals surface area contributed by atoms with Gasteiger partial charge in [0.05, 0.1) is 24.0 Å². The highest BCUT2D eigenvalue weighted by atomic mass is 16.2. The standard InChI is InChI=1S/C21H28N6O/c1-16-12-19(17-6-4-9-23-14-17)27(25-16)11-8-21(2,3)24-15-20(28)26-10-5-7-18(26)13-22/h4,6,9,12,14,18,24H,5,7-8,10-11,15H2,1-3H3. The topological polar surface area (TPSA) is 86.8 Å². The summed E-state index contributed by atoms with van der Waals surface area (Å²) in [5, 5.41) is 17.1. The third kappa shape index (κ3) is 4.76. The fourth-order valence-electron chi connectivity index (χ4n) is 3.55. The van der Waals surface area contributed by atoms with Gasteiger partial charge in [0.15, 0.2) is 0 Å².